The maximum absolute atomic E-state index is 13.4. The fourth-order valence-corrected chi connectivity index (χ4v) is 6.10. The van der Waals surface area contributed by atoms with Crippen LogP contribution in [0, 0.1) is 0 Å². The molecule has 0 bridgehead atoms. The summed E-state index contributed by atoms with van der Waals surface area (Å²) in [4.78, 5) is 6.89. The first kappa shape index (κ1) is 24.4. The number of sulfonamides is 1. The highest BCUT2D eigenvalue weighted by molar-refractivity contribution is 7.89. The lowest BCUT2D eigenvalue weighted by atomic mass is 10.1. The minimum absolute atomic E-state index is 0.0109. The fraction of sp³-hybridized carbons (Fsp3) is 0.423. The molecule has 4 rings (SSSR count). The summed E-state index contributed by atoms with van der Waals surface area (Å²) >= 11 is 0. The SMILES string of the molecule is COc1ccc(OCCCCN2CCC(N(C)S(=O)(=O)c3cccc4cnccc34)CC2)cc1. The molecule has 1 aromatic heterocycles. The van der Waals surface area contributed by atoms with Crippen LogP contribution in [0.25, 0.3) is 10.8 Å². The maximum atomic E-state index is 13.4. The zero-order valence-electron chi connectivity index (χ0n) is 19.9. The first-order chi connectivity index (χ1) is 16.5. The van der Waals surface area contributed by atoms with E-state index in [1.165, 1.54) is 0 Å². The smallest absolute Gasteiger partial charge is 0.243 e. The molecule has 1 aliphatic heterocycles. The lowest BCUT2D eigenvalue weighted by Crippen LogP contribution is -2.45. The minimum Gasteiger partial charge on any atom is -0.497 e. The standard InChI is InChI=1S/C26H33N3O4S/c1-28(34(30,31)26-7-5-6-21-20-27-15-12-25(21)26)22-13-17-29(18-14-22)16-3-4-19-33-24-10-8-23(32-2)9-11-24/h5-12,15,20,22H,3-4,13-14,16-19H2,1-2H3. The van der Waals surface area contributed by atoms with Crippen molar-refractivity contribution in [2.45, 2.75) is 36.6 Å². The molecule has 1 aliphatic rings. The molecule has 0 amide bonds. The molecular formula is C26H33N3O4S. The number of rotatable bonds is 10. The Bertz CT molecular complexity index is 1170. The van der Waals surface area contributed by atoms with Crippen LogP contribution in [0.2, 0.25) is 0 Å². The lowest BCUT2D eigenvalue weighted by molar-refractivity contribution is 0.165. The first-order valence-electron chi connectivity index (χ1n) is 11.8. The number of piperidine rings is 1. The van der Waals surface area contributed by atoms with Crippen LogP contribution in [0.3, 0.4) is 0 Å². The number of fused-ring (bicyclic) bond motifs is 1. The van der Waals surface area contributed by atoms with Crippen molar-refractivity contribution in [3.05, 3.63) is 60.9 Å². The molecule has 1 saturated heterocycles. The summed E-state index contributed by atoms with van der Waals surface area (Å²) in [6.45, 7) is 3.50. The average molecular weight is 484 g/mol. The van der Waals surface area contributed by atoms with E-state index in [4.69, 9.17) is 9.47 Å². The molecular weight excluding hydrogens is 450 g/mol. The van der Waals surface area contributed by atoms with Gasteiger partial charge in [0.2, 0.25) is 10.0 Å². The predicted molar refractivity (Wildman–Crippen MR) is 134 cm³/mol. The van der Waals surface area contributed by atoms with Gasteiger partial charge in [-0.1, -0.05) is 12.1 Å². The van der Waals surface area contributed by atoms with Gasteiger partial charge in [0.25, 0.3) is 0 Å². The summed E-state index contributed by atoms with van der Waals surface area (Å²) < 4.78 is 39.3. The number of ether oxygens (including phenoxy) is 2. The van der Waals surface area contributed by atoms with Gasteiger partial charge in [-0.25, -0.2) is 8.42 Å². The van der Waals surface area contributed by atoms with Gasteiger partial charge in [-0.2, -0.15) is 4.31 Å². The Labute approximate surface area is 202 Å². The zero-order chi connectivity index (χ0) is 24.0. The Balaban J connectivity index is 1.23. The molecule has 0 spiro atoms. The Kier molecular flexibility index (Phi) is 8.03. The Morgan fingerprint density at radius 1 is 1.03 bits per heavy atom. The molecule has 182 valence electrons. The van der Waals surface area contributed by atoms with Gasteiger partial charge in [-0.15, -0.1) is 0 Å². The number of methoxy groups -OCH3 is 1. The van der Waals surface area contributed by atoms with Gasteiger partial charge >= 0.3 is 0 Å². The molecule has 2 heterocycles. The predicted octanol–water partition coefficient (Wildman–Crippen LogP) is 4.19. The second-order valence-corrected chi connectivity index (χ2v) is 10.6. The third-order valence-corrected chi connectivity index (χ3v) is 8.53. The largest absolute Gasteiger partial charge is 0.497 e. The van der Waals surface area contributed by atoms with Crippen molar-refractivity contribution < 1.29 is 17.9 Å². The van der Waals surface area contributed by atoms with E-state index in [1.54, 1.807) is 49.1 Å². The highest BCUT2D eigenvalue weighted by Crippen LogP contribution is 2.28. The van der Waals surface area contributed by atoms with E-state index < -0.39 is 10.0 Å². The topological polar surface area (TPSA) is 72.0 Å². The Morgan fingerprint density at radius 3 is 2.50 bits per heavy atom. The summed E-state index contributed by atoms with van der Waals surface area (Å²) in [6.07, 6.45) is 7.06. The van der Waals surface area contributed by atoms with Crippen LogP contribution in [0.15, 0.2) is 65.8 Å². The van der Waals surface area contributed by atoms with Crippen molar-refractivity contribution in [1.82, 2.24) is 14.2 Å². The summed E-state index contributed by atoms with van der Waals surface area (Å²) in [7, 11) is -0.209. The van der Waals surface area contributed by atoms with Crippen LogP contribution in [0.5, 0.6) is 11.5 Å². The molecule has 2 aromatic carbocycles. The Morgan fingerprint density at radius 2 is 1.76 bits per heavy atom. The molecule has 3 aromatic rings. The van der Waals surface area contributed by atoms with Crippen LogP contribution in [0.1, 0.15) is 25.7 Å². The fourth-order valence-electron chi connectivity index (χ4n) is 4.48. The second kappa shape index (κ2) is 11.2. The molecule has 0 saturated carbocycles. The monoisotopic (exact) mass is 483 g/mol. The van der Waals surface area contributed by atoms with E-state index in [9.17, 15) is 8.42 Å². The molecule has 0 radical (unpaired) electrons. The van der Waals surface area contributed by atoms with Crippen molar-refractivity contribution in [2.24, 2.45) is 0 Å². The number of nitrogens with zero attached hydrogens (tertiary/aromatic N) is 3. The number of unbranched alkanes of at least 4 members (excludes halogenated alkanes) is 1. The van der Waals surface area contributed by atoms with E-state index in [2.05, 4.69) is 9.88 Å². The average Bonchev–Trinajstić information content (AvgIpc) is 2.88. The molecule has 0 N–H and O–H groups in total. The van der Waals surface area contributed by atoms with Crippen LogP contribution in [-0.2, 0) is 10.0 Å². The number of aromatic nitrogens is 1. The van der Waals surface area contributed by atoms with Crippen LogP contribution in [0.4, 0.5) is 0 Å². The second-order valence-electron chi connectivity index (χ2n) is 8.68. The van der Waals surface area contributed by atoms with Crippen molar-refractivity contribution in [1.29, 1.82) is 0 Å². The minimum atomic E-state index is -3.58. The normalized spacial score (nSPS) is 15.6. The quantitative estimate of drug-likeness (QED) is 0.403. The van der Waals surface area contributed by atoms with Crippen molar-refractivity contribution >= 4 is 20.8 Å². The zero-order valence-corrected chi connectivity index (χ0v) is 20.7. The summed E-state index contributed by atoms with van der Waals surface area (Å²) in [5, 5.41) is 1.56. The van der Waals surface area contributed by atoms with Gasteiger partial charge in [-0.05, 0) is 81.7 Å². The third-order valence-electron chi connectivity index (χ3n) is 6.57. The number of hydrogen-bond acceptors (Lipinski definition) is 6. The van der Waals surface area contributed by atoms with Crippen molar-refractivity contribution in [3.8, 4) is 11.5 Å². The highest BCUT2D eigenvalue weighted by Gasteiger charge is 2.31. The van der Waals surface area contributed by atoms with Gasteiger partial charge in [0, 0.05) is 36.3 Å². The summed E-state index contributed by atoms with van der Waals surface area (Å²) in [5.41, 5.74) is 0. The summed E-state index contributed by atoms with van der Waals surface area (Å²) in [6, 6.07) is 14.8. The lowest BCUT2D eigenvalue weighted by Gasteiger charge is -2.36. The summed E-state index contributed by atoms with van der Waals surface area (Å²) in [5.74, 6) is 1.68. The van der Waals surface area contributed by atoms with E-state index in [0.717, 1.165) is 67.6 Å². The number of pyridine rings is 1. The van der Waals surface area contributed by atoms with E-state index in [0.29, 0.717) is 11.5 Å². The van der Waals surface area contributed by atoms with E-state index in [1.807, 2.05) is 30.3 Å². The maximum Gasteiger partial charge on any atom is 0.243 e. The number of benzene rings is 2. The first-order valence-corrected chi connectivity index (χ1v) is 13.2. The van der Waals surface area contributed by atoms with Crippen LogP contribution in [-0.4, -0.2) is 69.0 Å². The van der Waals surface area contributed by atoms with Crippen LogP contribution < -0.4 is 9.47 Å². The van der Waals surface area contributed by atoms with Crippen LogP contribution >= 0.6 is 0 Å². The number of likely N-dealkylation sites (tertiary alicyclic amines) is 1. The Hall–Kier alpha value is -2.68. The molecule has 1 fully saturated rings. The molecule has 0 unspecified atom stereocenters. The van der Waals surface area contributed by atoms with E-state index in [-0.39, 0.29) is 6.04 Å². The van der Waals surface area contributed by atoms with Gasteiger partial charge in [0.15, 0.2) is 0 Å². The van der Waals surface area contributed by atoms with Gasteiger partial charge in [-0.3, -0.25) is 4.98 Å². The molecule has 0 aliphatic carbocycles. The van der Waals surface area contributed by atoms with Crippen molar-refractivity contribution in [2.75, 3.05) is 40.4 Å². The number of hydrogen-bond donors (Lipinski definition) is 0. The molecule has 7 nitrogen and oxygen atoms in total. The highest BCUT2D eigenvalue weighted by atomic mass is 32.2. The van der Waals surface area contributed by atoms with E-state index >= 15 is 0 Å². The molecule has 0 atom stereocenters. The van der Waals surface area contributed by atoms with Gasteiger partial charge < -0.3 is 14.4 Å². The van der Waals surface area contributed by atoms with Crippen molar-refractivity contribution in [3.63, 3.8) is 0 Å². The van der Waals surface area contributed by atoms with Gasteiger partial charge in [0.05, 0.1) is 18.6 Å². The third kappa shape index (κ3) is 5.68. The van der Waals surface area contributed by atoms with Gasteiger partial charge in [0.1, 0.15) is 11.5 Å². The molecule has 8 heteroatoms. The molecule has 34 heavy (non-hydrogen) atoms.